The number of fused-ring (bicyclic) bond motifs is 2. The molecule has 1 amide bonds. The fourth-order valence-electron chi connectivity index (χ4n) is 3.04. The molecule has 0 saturated heterocycles. The molecule has 0 radical (unpaired) electrons. The van der Waals surface area contributed by atoms with Crippen LogP contribution in [-0.2, 0) is 16.0 Å². The largest absolute Gasteiger partial charge is 0.451 e. The Labute approximate surface area is 142 Å². The van der Waals surface area contributed by atoms with E-state index in [0.29, 0.717) is 4.88 Å². The van der Waals surface area contributed by atoms with Gasteiger partial charge in [-0.2, -0.15) is 0 Å². The van der Waals surface area contributed by atoms with E-state index in [-0.39, 0.29) is 18.6 Å². The number of carbonyl (C=O) groups excluding carboxylic acids is 2. The number of thiazole rings is 1. The van der Waals surface area contributed by atoms with Gasteiger partial charge in [-0.3, -0.25) is 9.20 Å². The summed E-state index contributed by atoms with van der Waals surface area (Å²) in [5.41, 5.74) is 2.05. The van der Waals surface area contributed by atoms with Gasteiger partial charge in [0, 0.05) is 30.3 Å². The van der Waals surface area contributed by atoms with E-state index in [1.807, 2.05) is 31.2 Å². The summed E-state index contributed by atoms with van der Waals surface area (Å²) >= 11 is 1.24. The first-order valence-electron chi connectivity index (χ1n) is 7.63. The van der Waals surface area contributed by atoms with E-state index in [2.05, 4.69) is 4.98 Å². The molecule has 0 aliphatic carbocycles. The van der Waals surface area contributed by atoms with Crippen molar-refractivity contribution in [3.8, 4) is 0 Å². The van der Waals surface area contributed by atoms with E-state index < -0.39 is 5.97 Å². The number of carbonyl (C=O) groups is 2. The molecule has 3 aromatic rings. The van der Waals surface area contributed by atoms with Gasteiger partial charge < -0.3 is 9.64 Å². The molecule has 0 spiro atoms. The van der Waals surface area contributed by atoms with E-state index in [1.165, 1.54) is 11.3 Å². The summed E-state index contributed by atoms with van der Waals surface area (Å²) in [7, 11) is 0. The fraction of sp³-hybridized carbons (Fsp3) is 0.235. The fourth-order valence-corrected chi connectivity index (χ4v) is 3.87. The molecular weight excluding hydrogens is 326 g/mol. The summed E-state index contributed by atoms with van der Waals surface area (Å²) in [5.74, 6) is -0.707. The van der Waals surface area contributed by atoms with E-state index in [4.69, 9.17) is 4.74 Å². The third-order valence-corrected chi connectivity index (χ3v) is 5.09. The summed E-state index contributed by atoms with van der Waals surface area (Å²) in [5, 5.41) is 0. The third kappa shape index (κ3) is 2.46. The van der Waals surface area contributed by atoms with Gasteiger partial charge in [-0.1, -0.05) is 29.5 Å². The normalized spacial score (nSPS) is 16.4. The molecule has 0 bridgehead atoms. The number of anilines is 1. The summed E-state index contributed by atoms with van der Waals surface area (Å²) in [6, 6.07) is 7.88. The number of rotatable bonds is 3. The maximum atomic E-state index is 12.5. The first-order valence-corrected chi connectivity index (χ1v) is 8.45. The highest BCUT2D eigenvalue weighted by molar-refractivity contribution is 7.18. The second kappa shape index (κ2) is 5.76. The summed E-state index contributed by atoms with van der Waals surface area (Å²) in [6.07, 6.45) is 5.90. The number of para-hydroxylation sites is 1. The van der Waals surface area contributed by atoms with Crippen LogP contribution in [0.25, 0.3) is 4.96 Å². The Kier molecular flexibility index (Phi) is 3.57. The number of aromatic nitrogens is 2. The molecule has 0 fully saturated rings. The molecule has 0 N–H and O–H groups in total. The maximum absolute atomic E-state index is 12.5. The third-order valence-electron chi connectivity index (χ3n) is 4.09. The maximum Gasteiger partial charge on any atom is 0.350 e. The first-order chi connectivity index (χ1) is 11.6. The van der Waals surface area contributed by atoms with Crippen LogP contribution < -0.4 is 4.90 Å². The Morgan fingerprint density at radius 1 is 1.38 bits per heavy atom. The minimum absolute atomic E-state index is 0.0682. The van der Waals surface area contributed by atoms with Gasteiger partial charge in [0.2, 0.25) is 0 Å². The molecule has 122 valence electrons. The Hall–Kier alpha value is -2.67. The SMILES string of the molecule is C[C@H]1Cc2ccccc2N1C(=O)COC(=O)c1cn2ccnc2s1. The predicted molar refractivity (Wildman–Crippen MR) is 90.4 cm³/mol. The molecule has 0 unspecified atom stereocenters. The number of imidazole rings is 1. The molecule has 1 aromatic carbocycles. The van der Waals surface area contributed by atoms with Crippen LogP contribution in [0.3, 0.4) is 0 Å². The lowest BCUT2D eigenvalue weighted by molar-refractivity contribution is -0.122. The van der Waals surface area contributed by atoms with Crippen LogP contribution in [0.4, 0.5) is 5.69 Å². The van der Waals surface area contributed by atoms with Gasteiger partial charge in [0.05, 0.1) is 0 Å². The summed E-state index contributed by atoms with van der Waals surface area (Å²) < 4.78 is 6.96. The average molecular weight is 341 g/mol. The van der Waals surface area contributed by atoms with Crippen molar-refractivity contribution in [1.82, 2.24) is 9.38 Å². The Morgan fingerprint density at radius 2 is 2.21 bits per heavy atom. The van der Waals surface area contributed by atoms with E-state index in [0.717, 1.165) is 22.6 Å². The Balaban J connectivity index is 1.45. The molecule has 4 rings (SSSR count). The molecule has 1 aliphatic heterocycles. The zero-order valence-electron chi connectivity index (χ0n) is 13.0. The van der Waals surface area contributed by atoms with E-state index in [1.54, 1.807) is 27.9 Å². The van der Waals surface area contributed by atoms with Gasteiger partial charge in [-0.05, 0) is 25.0 Å². The highest BCUT2D eigenvalue weighted by Crippen LogP contribution is 2.31. The van der Waals surface area contributed by atoms with Crippen molar-refractivity contribution >= 4 is 33.9 Å². The summed E-state index contributed by atoms with van der Waals surface area (Å²) in [6.45, 7) is 1.73. The van der Waals surface area contributed by atoms with Crippen LogP contribution in [-0.4, -0.2) is 33.9 Å². The number of ether oxygens (including phenoxy) is 1. The van der Waals surface area contributed by atoms with Crippen molar-refractivity contribution in [1.29, 1.82) is 0 Å². The van der Waals surface area contributed by atoms with Crippen LogP contribution in [0, 0.1) is 0 Å². The molecular formula is C17H15N3O3S. The van der Waals surface area contributed by atoms with Crippen molar-refractivity contribution < 1.29 is 14.3 Å². The van der Waals surface area contributed by atoms with Crippen LogP contribution >= 0.6 is 11.3 Å². The highest BCUT2D eigenvalue weighted by atomic mass is 32.1. The predicted octanol–water partition coefficient (Wildman–Crippen LogP) is 2.53. The number of esters is 1. The van der Waals surface area contributed by atoms with E-state index >= 15 is 0 Å². The molecule has 0 saturated carbocycles. The molecule has 7 heteroatoms. The highest BCUT2D eigenvalue weighted by Gasteiger charge is 2.31. The topological polar surface area (TPSA) is 63.9 Å². The van der Waals surface area contributed by atoms with Gasteiger partial charge >= 0.3 is 5.97 Å². The van der Waals surface area contributed by atoms with Gasteiger partial charge in [-0.25, -0.2) is 9.78 Å². The lowest BCUT2D eigenvalue weighted by Crippen LogP contribution is -2.38. The van der Waals surface area contributed by atoms with Crippen molar-refractivity contribution in [3.63, 3.8) is 0 Å². The van der Waals surface area contributed by atoms with Crippen molar-refractivity contribution in [2.75, 3.05) is 11.5 Å². The monoisotopic (exact) mass is 341 g/mol. The Bertz CT molecular complexity index is 901. The number of nitrogens with zero attached hydrogens (tertiary/aromatic N) is 3. The van der Waals surface area contributed by atoms with E-state index in [9.17, 15) is 9.59 Å². The molecule has 1 atom stereocenters. The van der Waals surface area contributed by atoms with Crippen molar-refractivity contribution in [3.05, 3.63) is 53.3 Å². The minimum Gasteiger partial charge on any atom is -0.451 e. The molecule has 3 heterocycles. The zero-order chi connectivity index (χ0) is 16.7. The zero-order valence-corrected chi connectivity index (χ0v) is 13.8. The lowest BCUT2D eigenvalue weighted by atomic mass is 10.1. The number of hydrogen-bond acceptors (Lipinski definition) is 5. The number of benzene rings is 1. The van der Waals surface area contributed by atoms with Crippen LogP contribution in [0.2, 0.25) is 0 Å². The van der Waals surface area contributed by atoms with Crippen molar-refractivity contribution in [2.24, 2.45) is 0 Å². The first kappa shape index (κ1) is 14.9. The second-order valence-electron chi connectivity index (χ2n) is 5.73. The number of amides is 1. The average Bonchev–Trinajstić information content (AvgIpc) is 3.23. The van der Waals surface area contributed by atoms with Gasteiger partial charge in [0.1, 0.15) is 4.88 Å². The quantitative estimate of drug-likeness (QED) is 0.687. The summed E-state index contributed by atoms with van der Waals surface area (Å²) in [4.78, 5) is 31.6. The lowest BCUT2D eigenvalue weighted by Gasteiger charge is -2.22. The molecule has 24 heavy (non-hydrogen) atoms. The van der Waals surface area contributed by atoms with Crippen LogP contribution in [0.5, 0.6) is 0 Å². The number of hydrogen-bond donors (Lipinski definition) is 0. The van der Waals surface area contributed by atoms with Gasteiger partial charge in [0.15, 0.2) is 11.6 Å². The molecule has 6 nitrogen and oxygen atoms in total. The minimum atomic E-state index is -0.501. The smallest absolute Gasteiger partial charge is 0.350 e. The van der Waals surface area contributed by atoms with Gasteiger partial charge in [0.25, 0.3) is 5.91 Å². The molecule has 1 aliphatic rings. The van der Waals surface area contributed by atoms with Crippen LogP contribution in [0.15, 0.2) is 42.9 Å². The van der Waals surface area contributed by atoms with Crippen molar-refractivity contribution in [2.45, 2.75) is 19.4 Å². The second-order valence-corrected chi connectivity index (χ2v) is 6.74. The van der Waals surface area contributed by atoms with Gasteiger partial charge in [-0.15, -0.1) is 0 Å². The Morgan fingerprint density at radius 3 is 3.04 bits per heavy atom. The molecule has 2 aromatic heterocycles. The standard InChI is InChI=1S/C17H15N3O3S/c1-11-8-12-4-2-3-5-13(12)20(11)15(21)10-23-16(22)14-9-19-7-6-18-17(19)24-14/h2-7,9,11H,8,10H2,1H3/t11-/m0/s1. The van der Waals surface area contributed by atoms with Crippen LogP contribution in [0.1, 0.15) is 22.2 Å².